The first-order chi connectivity index (χ1) is 15.5. The molecule has 0 amide bonds. The van der Waals surface area contributed by atoms with Crippen LogP contribution in [0.5, 0.6) is 0 Å². The fourth-order valence-electron chi connectivity index (χ4n) is 3.27. The maximum Gasteiger partial charge on any atom is 0.357 e. The summed E-state index contributed by atoms with van der Waals surface area (Å²) in [6, 6.07) is 9.46. The zero-order valence-corrected chi connectivity index (χ0v) is 18.0. The average molecular weight is 439 g/mol. The van der Waals surface area contributed by atoms with Gasteiger partial charge in [-0.3, -0.25) is 24.0 Å². The molecular weight excluding hydrogens is 414 g/mol. The van der Waals surface area contributed by atoms with Crippen molar-refractivity contribution in [2.24, 2.45) is 0 Å². The number of methoxy groups -OCH3 is 1. The van der Waals surface area contributed by atoms with Crippen molar-refractivity contribution in [2.75, 3.05) is 13.7 Å². The Kier molecular flexibility index (Phi) is 7.50. The summed E-state index contributed by atoms with van der Waals surface area (Å²) in [5.41, 5.74) is -0.684. The summed E-state index contributed by atoms with van der Waals surface area (Å²) in [5, 5.41) is 16.1. The van der Waals surface area contributed by atoms with Crippen LogP contribution in [0.2, 0.25) is 0 Å². The zero-order chi connectivity index (χ0) is 23.1. The second-order valence-corrected chi connectivity index (χ2v) is 7.12. The third-order valence-electron chi connectivity index (χ3n) is 4.94. The summed E-state index contributed by atoms with van der Waals surface area (Å²) < 4.78 is 8.88. The summed E-state index contributed by atoms with van der Waals surface area (Å²) >= 11 is 0. The van der Waals surface area contributed by atoms with Gasteiger partial charge in [-0.05, 0) is 30.7 Å². The molecule has 0 aliphatic heterocycles. The normalized spacial score (nSPS) is 11.3. The minimum absolute atomic E-state index is 0.0674. The fraction of sp³-hybridized carbons (Fsp3) is 0.318. The van der Waals surface area contributed by atoms with Gasteiger partial charge >= 0.3 is 16.9 Å². The molecule has 0 bridgehead atoms. The summed E-state index contributed by atoms with van der Waals surface area (Å²) in [5.74, 6) is 0. The van der Waals surface area contributed by atoms with Crippen LogP contribution in [0.3, 0.4) is 0 Å². The Hall–Kier alpha value is -3.79. The molecule has 0 saturated carbocycles. The van der Waals surface area contributed by atoms with Gasteiger partial charge in [0, 0.05) is 25.4 Å². The highest BCUT2D eigenvalue weighted by molar-refractivity contribution is 5.71. The second-order valence-electron chi connectivity index (χ2n) is 7.12. The van der Waals surface area contributed by atoms with Gasteiger partial charge in [0.05, 0.1) is 30.0 Å². The number of hydrogen-bond donors (Lipinski definition) is 0. The maximum absolute atomic E-state index is 13.0. The Morgan fingerprint density at radius 2 is 1.88 bits per heavy atom. The number of nitro groups is 1. The van der Waals surface area contributed by atoms with Crippen LogP contribution in [-0.4, -0.2) is 37.6 Å². The summed E-state index contributed by atoms with van der Waals surface area (Å²) in [6.45, 7) is 2.27. The number of rotatable bonds is 10. The van der Waals surface area contributed by atoms with Gasteiger partial charge in [-0.15, -0.1) is 0 Å². The number of ether oxygens (including phenoxy) is 1. The van der Waals surface area contributed by atoms with Gasteiger partial charge in [0.15, 0.2) is 0 Å². The molecule has 32 heavy (non-hydrogen) atoms. The number of nitrogens with zero attached hydrogens (tertiary/aromatic N) is 5. The molecule has 0 N–H and O–H groups in total. The standard InChI is InChI=1S/C22H25N5O5/c1-3-4-12-25-21(28)20(27(30)31)19(24(22(25)29)13-14-32-2)11-10-17-15-23-26(16-17)18-8-6-5-7-9-18/h5-11,15-16H,3-4,12-14H2,1-2H3/b11-10+. The van der Waals surface area contributed by atoms with Crippen molar-refractivity contribution in [3.05, 3.63) is 84.9 Å². The minimum Gasteiger partial charge on any atom is -0.383 e. The van der Waals surface area contributed by atoms with Gasteiger partial charge in [-0.25, -0.2) is 9.48 Å². The number of para-hydroxylation sites is 1. The molecule has 0 aliphatic rings. The maximum atomic E-state index is 13.0. The van der Waals surface area contributed by atoms with Crippen LogP contribution >= 0.6 is 0 Å². The molecule has 0 aliphatic carbocycles. The van der Waals surface area contributed by atoms with E-state index in [1.54, 1.807) is 23.2 Å². The van der Waals surface area contributed by atoms with E-state index < -0.39 is 21.9 Å². The van der Waals surface area contributed by atoms with Crippen molar-refractivity contribution in [3.8, 4) is 5.69 Å². The zero-order valence-electron chi connectivity index (χ0n) is 18.0. The van der Waals surface area contributed by atoms with Gasteiger partial charge in [-0.2, -0.15) is 5.10 Å². The van der Waals surface area contributed by atoms with Crippen molar-refractivity contribution in [1.82, 2.24) is 18.9 Å². The summed E-state index contributed by atoms with van der Waals surface area (Å²) in [4.78, 5) is 36.9. The van der Waals surface area contributed by atoms with E-state index in [-0.39, 0.29) is 25.4 Å². The lowest BCUT2D eigenvalue weighted by molar-refractivity contribution is -0.387. The number of unbranched alkanes of at least 4 members (excludes halogenated alkanes) is 1. The molecule has 0 atom stereocenters. The molecule has 0 fully saturated rings. The topological polar surface area (TPSA) is 114 Å². The number of aromatic nitrogens is 4. The van der Waals surface area contributed by atoms with Crippen LogP contribution in [0, 0.1) is 10.1 Å². The molecule has 10 nitrogen and oxygen atoms in total. The predicted octanol–water partition coefficient (Wildman–Crippen LogP) is 2.72. The Balaban J connectivity index is 2.10. The first kappa shape index (κ1) is 22.9. The van der Waals surface area contributed by atoms with E-state index in [2.05, 4.69) is 5.10 Å². The third-order valence-corrected chi connectivity index (χ3v) is 4.94. The van der Waals surface area contributed by atoms with Crippen LogP contribution in [-0.2, 0) is 17.8 Å². The Labute approximate surface area is 184 Å². The molecule has 2 aromatic heterocycles. The van der Waals surface area contributed by atoms with Crippen molar-refractivity contribution >= 4 is 17.8 Å². The van der Waals surface area contributed by atoms with Crippen molar-refractivity contribution in [1.29, 1.82) is 0 Å². The van der Waals surface area contributed by atoms with Crippen molar-refractivity contribution < 1.29 is 9.66 Å². The Bertz CT molecular complexity index is 1220. The minimum atomic E-state index is -0.901. The molecule has 0 spiro atoms. The van der Waals surface area contributed by atoms with E-state index in [1.165, 1.54) is 17.8 Å². The lowest BCUT2D eigenvalue weighted by atomic mass is 10.2. The Morgan fingerprint density at radius 3 is 2.53 bits per heavy atom. The first-order valence-electron chi connectivity index (χ1n) is 10.3. The number of hydrogen-bond acceptors (Lipinski definition) is 6. The molecular formula is C22H25N5O5. The summed E-state index contributed by atoms with van der Waals surface area (Å²) in [6.07, 6.45) is 7.64. The predicted molar refractivity (Wildman–Crippen MR) is 121 cm³/mol. The van der Waals surface area contributed by atoms with Crippen LogP contribution < -0.4 is 11.2 Å². The van der Waals surface area contributed by atoms with Crippen molar-refractivity contribution in [2.45, 2.75) is 32.9 Å². The van der Waals surface area contributed by atoms with E-state index in [4.69, 9.17) is 4.74 Å². The van der Waals surface area contributed by atoms with Gasteiger partial charge in [0.25, 0.3) is 0 Å². The molecule has 0 unspecified atom stereocenters. The molecule has 168 valence electrons. The lowest BCUT2D eigenvalue weighted by Crippen LogP contribution is -2.42. The largest absolute Gasteiger partial charge is 0.383 e. The van der Waals surface area contributed by atoms with Crippen LogP contribution in [0.25, 0.3) is 17.8 Å². The third kappa shape index (κ3) is 4.92. The first-order valence-corrected chi connectivity index (χ1v) is 10.3. The van der Waals surface area contributed by atoms with Crippen molar-refractivity contribution in [3.63, 3.8) is 0 Å². The van der Waals surface area contributed by atoms with E-state index in [9.17, 15) is 19.7 Å². The van der Waals surface area contributed by atoms with Crippen LogP contribution in [0.4, 0.5) is 5.69 Å². The average Bonchev–Trinajstić information content (AvgIpc) is 3.26. The molecule has 2 heterocycles. The van der Waals surface area contributed by atoms with Crippen LogP contribution in [0.15, 0.2) is 52.3 Å². The quantitative estimate of drug-likeness (QED) is 0.354. The second kappa shape index (κ2) is 10.5. The molecule has 3 rings (SSSR count). The van der Waals surface area contributed by atoms with Gasteiger partial charge in [0.2, 0.25) is 0 Å². The molecule has 0 saturated heterocycles. The monoisotopic (exact) mass is 439 g/mol. The highest BCUT2D eigenvalue weighted by Gasteiger charge is 2.26. The van der Waals surface area contributed by atoms with E-state index >= 15 is 0 Å². The number of benzene rings is 1. The molecule has 10 heteroatoms. The fourth-order valence-corrected chi connectivity index (χ4v) is 3.27. The van der Waals surface area contributed by atoms with Crippen LogP contribution in [0.1, 0.15) is 31.0 Å². The molecule has 1 aromatic carbocycles. The van der Waals surface area contributed by atoms with Gasteiger partial charge < -0.3 is 4.74 Å². The van der Waals surface area contributed by atoms with E-state index in [0.717, 1.165) is 16.7 Å². The molecule has 3 aromatic rings. The van der Waals surface area contributed by atoms with E-state index in [1.807, 2.05) is 37.3 Å². The van der Waals surface area contributed by atoms with Gasteiger partial charge in [-0.1, -0.05) is 31.5 Å². The summed E-state index contributed by atoms with van der Waals surface area (Å²) in [7, 11) is 1.47. The highest BCUT2D eigenvalue weighted by atomic mass is 16.6. The Morgan fingerprint density at radius 1 is 1.12 bits per heavy atom. The molecule has 0 radical (unpaired) electrons. The lowest BCUT2D eigenvalue weighted by Gasteiger charge is -2.13. The SMILES string of the molecule is CCCCn1c(=O)c([N+](=O)[O-])c(/C=C/c2cnn(-c3ccccc3)c2)n(CCOC)c1=O. The smallest absolute Gasteiger partial charge is 0.357 e. The van der Waals surface area contributed by atoms with Gasteiger partial charge in [0.1, 0.15) is 5.69 Å². The van der Waals surface area contributed by atoms with E-state index in [0.29, 0.717) is 12.0 Å². The highest BCUT2D eigenvalue weighted by Crippen LogP contribution is 2.17.